The Balaban J connectivity index is 1.88. The molecule has 1 aliphatic rings. The maximum Gasteiger partial charge on any atom is 0.411 e. The molecule has 0 atom stereocenters. The van der Waals surface area contributed by atoms with Crippen molar-refractivity contribution in [3.8, 4) is 0 Å². The first-order valence-corrected chi connectivity index (χ1v) is 11.8. The number of sulfonamides is 1. The summed E-state index contributed by atoms with van der Waals surface area (Å²) in [6, 6.07) is 6.08. The highest BCUT2D eigenvalue weighted by molar-refractivity contribution is 7.89. The molecule has 1 heterocycles. The highest BCUT2D eigenvalue weighted by atomic mass is 32.2. The Labute approximate surface area is 181 Å². The van der Waals surface area contributed by atoms with Crippen molar-refractivity contribution in [1.82, 2.24) is 14.1 Å². The van der Waals surface area contributed by atoms with Gasteiger partial charge in [0, 0.05) is 58.0 Å². The molecule has 1 amide bonds. The molecular formula is C20H30F3N3O4S. The van der Waals surface area contributed by atoms with Gasteiger partial charge in [0.05, 0.1) is 4.90 Å². The summed E-state index contributed by atoms with van der Waals surface area (Å²) in [4.78, 5) is 16.7. The zero-order valence-corrected chi connectivity index (χ0v) is 18.7. The third kappa shape index (κ3) is 7.44. The summed E-state index contributed by atoms with van der Waals surface area (Å²) in [5.41, 5.74) is 0.322. The summed E-state index contributed by atoms with van der Waals surface area (Å²) < 4.78 is 67.5. The van der Waals surface area contributed by atoms with Gasteiger partial charge in [-0.25, -0.2) is 8.42 Å². The van der Waals surface area contributed by atoms with Gasteiger partial charge < -0.3 is 9.64 Å². The number of nitrogens with zero attached hydrogens (tertiary/aromatic N) is 3. The fourth-order valence-corrected chi connectivity index (χ4v) is 4.94. The standard InChI is InChI=1S/C20H30F3N3O4S/c1-3-26(4-2)31(28,29)18-8-5-7-17(15-18)19(27)25-12-10-24(11-13-25)9-6-14-30-16-20(21,22)23/h5,7-8,15H,3-4,6,9-14,16H2,1-2H3. The van der Waals surface area contributed by atoms with E-state index in [4.69, 9.17) is 0 Å². The van der Waals surface area contributed by atoms with E-state index in [1.54, 1.807) is 30.9 Å². The van der Waals surface area contributed by atoms with Crippen molar-refractivity contribution < 1.29 is 31.1 Å². The van der Waals surface area contributed by atoms with Gasteiger partial charge in [-0.2, -0.15) is 17.5 Å². The van der Waals surface area contributed by atoms with Crippen LogP contribution in [0.5, 0.6) is 0 Å². The summed E-state index contributed by atoms with van der Waals surface area (Å²) in [7, 11) is -3.65. The monoisotopic (exact) mass is 465 g/mol. The molecule has 176 valence electrons. The molecule has 0 spiro atoms. The number of alkyl halides is 3. The number of carbonyl (C=O) groups is 1. The van der Waals surface area contributed by atoms with E-state index in [2.05, 4.69) is 9.64 Å². The van der Waals surface area contributed by atoms with Crippen molar-refractivity contribution in [2.45, 2.75) is 31.3 Å². The van der Waals surface area contributed by atoms with Crippen molar-refractivity contribution in [1.29, 1.82) is 0 Å². The summed E-state index contributed by atoms with van der Waals surface area (Å²) >= 11 is 0. The number of hydrogen-bond acceptors (Lipinski definition) is 5. The lowest BCUT2D eigenvalue weighted by Crippen LogP contribution is -2.49. The van der Waals surface area contributed by atoms with Crippen molar-refractivity contribution >= 4 is 15.9 Å². The lowest BCUT2D eigenvalue weighted by atomic mass is 10.2. The third-order valence-electron chi connectivity index (χ3n) is 5.11. The average Bonchev–Trinajstić information content (AvgIpc) is 2.73. The average molecular weight is 466 g/mol. The van der Waals surface area contributed by atoms with Gasteiger partial charge in [0.2, 0.25) is 10.0 Å². The number of halogens is 3. The SMILES string of the molecule is CCN(CC)S(=O)(=O)c1cccc(C(=O)N2CCN(CCCOCC(F)(F)F)CC2)c1. The molecule has 31 heavy (non-hydrogen) atoms. The quantitative estimate of drug-likeness (QED) is 0.497. The molecule has 0 N–H and O–H groups in total. The van der Waals surface area contributed by atoms with Crippen LogP contribution in [-0.2, 0) is 14.8 Å². The molecule has 0 bridgehead atoms. The highest BCUT2D eigenvalue weighted by Gasteiger charge is 2.28. The molecule has 0 saturated carbocycles. The number of amides is 1. The molecule has 7 nitrogen and oxygen atoms in total. The number of benzene rings is 1. The fraction of sp³-hybridized carbons (Fsp3) is 0.650. The minimum Gasteiger partial charge on any atom is -0.372 e. The Morgan fingerprint density at radius 2 is 1.77 bits per heavy atom. The molecule has 1 saturated heterocycles. The topological polar surface area (TPSA) is 70.2 Å². The van der Waals surface area contributed by atoms with Crippen LogP contribution in [0.4, 0.5) is 13.2 Å². The first-order chi connectivity index (χ1) is 14.6. The molecule has 0 aliphatic carbocycles. The normalized spacial score (nSPS) is 16.1. The molecule has 1 aromatic carbocycles. The zero-order chi connectivity index (χ0) is 23.1. The fourth-order valence-electron chi connectivity index (χ4n) is 3.44. The maximum absolute atomic E-state index is 12.9. The van der Waals surface area contributed by atoms with E-state index in [-0.39, 0.29) is 17.4 Å². The minimum absolute atomic E-state index is 0.0342. The van der Waals surface area contributed by atoms with Gasteiger partial charge in [-0.05, 0) is 24.6 Å². The van der Waals surface area contributed by atoms with E-state index in [1.807, 2.05) is 0 Å². The molecule has 2 rings (SSSR count). The number of piperazine rings is 1. The second kappa shape index (κ2) is 11.3. The number of hydrogen-bond donors (Lipinski definition) is 0. The lowest BCUT2D eigenvalue weighted by Gasteiger charge is -2.34. The van der Waals surface area contributed by atoms with E-state index in [0.717, 1.165) is 0 Å². The molecule has 0 aromatic heterocycles. The molecular weight excluding hydrogens is 435 g/mol. The van der Waals surface area contributed by atoms with E-state index >= 15 is 0 Å². The van der Waals surface area contributed by atoms with Crippen LogP contribution >= 0.6 is 0 Å². The van der Waals surface area contributed by atoms with Crippen molar-refractivity contribution in [3.05, 3.63) is 29.8 Å². The first-order valence-electron chi connectivity index (χ1n) is 10.3. The van der Waals surface area contributed by atoms with Gasteiger partial charge in [0.1, 0.15) is 6.61 Å². The first kappa shape index (κ1) is 25.6. The lowest BCUT2D eigenvalue weighted by molar-refractivity contribution is -0.174. The molecule has 0 unspecified atom stereocenters. The Morgan fingerprint density at radius 3 is 2.35 bits per heavy atom. The van der Waals surface area contributed by atoms with E-state index < -0.39 is 22.8 Å². The Hall–Kier alpha value is -1.69. The van der Waals surface area contributed by atoms with Crippen molar-refractivity contribution in [2.75, 3.05) is 59.0 Å². The Bertz CT molecular complexity index is 821. The second-order valence-corrected chi connectivity index (χ2v) is 9.21. The molecule has 1 aromatic rings. The van der Waals surface area contributed by atoms with Crippen LogP contribution < -0.4 is 0 Å². The smallest absolute Gasteiger partial charge is 0.372 e. The summed E-state index contributed by atoms with van der Waals surface area (Å²) in [5, 5.41) is 0. The second-order valence-electron chi connectivity index (χ2n) is 7.27. The van der Waals surface area contributed by atoms with Gasteiger partial charge in [-0.3, -0.25) is 9.69 Å². The van der Waals surface area contributed by atoms with Crippen LogP contribution in [0.2, 0.25) is 0 Å². The minimum atomic E-state index is -4.31. The largest absolute Gasteiger partial charge is 0.411 e. The summed E-state index contributed by atoms with van der Waals surface area (Å²) in [5.74, 6) is -0.232. The van der Waals surface area contributed by atoms with Crippen LogP contribution in [0.15, 0.2) is 29.2 Å². The van der Waals surface area contributed by atoms with E-state index in [9.17, 15) is 26.4 Å². The van der Waals surface area contributed by atoms with Gasteiger partial charge in [0.25, 0.3) is 5.91 Å². The molecule has 0 radical (unpaired) electrons. The van der Waals surface area contributed by atoms with Gasteiger partial charge in [0.15, 0.2) is 0 Å². The number of carbonyl (C=O) groups excluding carboxylic acids is 1. The van der Waals surface area contributed by atoms with Crippen molar-refractivity contribution in [2.24, 2.45) is 0 Å². The van der Waals surface area contributed by atoms with Gasteiger partial charge >= 0.3 is 6.18 Å². The summed E-state index contributed by atoms with van der Waals surface area (Å²) in [6.45, 7) is 5.74. The van der Waals surface area contributed by atoms with Crippen LogP contribution in [0, 0.1) is 0 Å². The van der Waals surface area contributed by atoms with Crippen LogP contribution in [0.3, 0.4) is 0 Å². The molecule has 1 fully saturated rings. The number of ether oxygens (including phenoxy) is 1. The maximum atomic E-state index is 12.9. The predicted octanol–water partition coefficient (Wildman–Crippen LogP) is 2.44. The van der Waals surface area contributed by atoms with Gasteiger partial charge in [-0.1, -0.05) is 19.9 Å². The van der Waals surface area contributed by atoms with E-state index in [1.165, 1.54) is 16.4 Å². The Morgan fingerprint density at radius 1 is 1.13 bits per heavy atom. The van der Waals surface area contributed by atoms with Gasteiger partial charge in [-0.15, -0.1) is 0 Å². The molecule has 11 heteroatoms. The van der Waals surface area contributed by atoms with Crippen LogP contribution in [0.1, 0.15) is 30.6 Å². The summed E-state index contributed by atoms with van der Waals surface area (Å²) in [6.07, 6.45) is -3.83. The van der Waals surface area contributed by atoms with Crippen LogP contribution in [0.25, 0.3) is 0 Å². The van der Waals surface area contributed by atoms with Crippen LogP contribution in [-0.4, -0.2) is 93.6 Å². The van der Waals surface area contributed by atoms with E-state index in [0.29, 0.717) is 57.8 Å². The zero-order valence-electron chi connectivity index (χ0n) is 17.9. The predicted molar refractivity (Wildman–Crippen MR) is 110 cm³/mol. The molecule has 1 aliphatic heterocycles. The number of rotatable bonds is 10. The third-order valence-corrected chi connectivity index (χ3v) is 7.16. The Kier molecular flexibility index (Phi) is 9.28. The van der Waals surface area contributed by atoms with Crippen molar-refractivity contribution in [3.63, 3.8) is 0 Å². The highest BCUT2D eigenvalue weighted by Crippen LogP contribution is 2.19.